The molecule has 2 aromatic heterocycles. The Bertz CT molecular complexity index is 1200. The summed E-state index contributed by atoms with van der Waals surface area (Å²) in [4.78, 5) is 46.7. The summed E-state index contributed by atoms with van der Waals surface area (Å²) in [5, 5.41) is 7.99. The van der Waals surface area contributed by atoms with E-state index in [1.54, 1.807) is 6.07 Å². The predicted molar refractivity (Wildman–Crippen MR) is 121 cm³/mol. The smallest absolute Gasteiger partial charge is 0.261 e. The summed E-state index contributed by atoms with van der Waals surface area (Å²) in [6, 6.07) is 2.33. The summed E-state index contributed by atoms with van der Waals surface area (Å²) in [5.74, 6) is -0.205. The maximum absolute atomic E-state index is 12.9. The first-order valence-corrected chi connectivity index (χ1v) is 10.7. The van der Waals surface area contributed by atoms with Crippen molar-refractivity contribution >= 4 is 39.2 Å². The van der Waals surface area contributed by atoms with Gasteiger partial charge in [-0.2, -0.15) is 0 Å². The highest BCUT2D eigenvalue weighted by atomic mass is 32.1. The number of methoxy groups -OCH3 is 2. The molecule has 0 bridgehead atoms. The van der Waals surface area contributed by atoms with Gasteiger partial charge in [0.15, 0.2) is 16.6 Å². The summed E-state index contributed by atoms with van der Waals surface area (Å²) in [5.41, 5.74) is 0.810. The lowest BCUT2D eigenvalue weighted by molar-refractivity contribution is -0.127. The maximum Gasteiger partial charge on any atom is 0.261 e. The number of ether oxygens (including phenoxy) is 2. The molecule has 170 valence electrons. The summed E-state index contributed by atoms with van der Waals surface area (Å²) in [7, 11) is 2.96. The highest BCUT2D eigenvalue weighted by Gasteiger charge is 2.25. The molecular weight excluding hydrogens is 434 g/mol. The molecule has 0 radical (unpaired) electrons. The van der Waals surface area contributed by atoms with Crippen LogP contribution in [0, 0.1) is 12.8 Å². The van der Waals surface area contributed by atoms with Gasteiger partial charge in [0.05, 0.1) is 37.1 Å². The van der Waals surface area contributed by atoms with Crippen LogP contribution < -0.4 is 25.7 Å². The Hall–Kier alpha value is -3.47. The zero-order valence-electron chi connectivity index (χ0n) is 18.5. The van der Waals surface area contributed by atoms with Crippen LogP contribution in [-0.2, 0) is 16.1 Å². The molecule has 2 N–H and O–H groups in total. The largest absolute Gasteiger partial charge is 0.493 e. The van der Waals surface area contributed by atoms with E-state index < -0.39 is 17.5 Å². The molecule has 3 aromatic rings. The van der Waals surface area contributed by atoms with E-state index in [1.165, 1.54) is 42.5 Å². The second-order valence-electron chi connectivity index (χ2n) is 7.47. The van der Waals surface area contributed by atoms with Gasteiger partial charge in [0, 0.05) is 11.4 Å². The third-order valence-corrected chi connectivity index (χ3v) is 5.63. The molecule has 32 heavy (non-hydrogen) atoms. The van der Waals surface area contributed by atoms with Crippen molar-refractivity contribution in [2.75, 3.05) is 19.5 Å². The summed E-state index contributed by atoms with van der Waals surface area (Å²) >= 11 is 1.31. The van der Waals surface area contributed by atoms with Crippen LogP contribution in [0.1, 0.15) is 19.5 Å². The Balaban J connectivity index is 1.78. The molecule has 2 heterocycles. The molecule has 0 aliphatic heterocycles. The van der Waals surface area contributed by atoms with Gasteiger partial charge in [-0.15, -0.1) is 11.3 Å². The van der Waals surface area contributed by atoms with Crippen molar-refractivity contribution in [3.05, 3.63) is 39.9 Å². The van der Waals surface area contributed by atoms with Crippen molar-refractivity contribution in [1.29, 1.82) is 0 Å². The highest BCUT2D eigenvalue weighted by Crippen LogP contribution is 2.29. The third-order valence-electron chi connectivity index (χ3n) is 4.76. The Morgan fingerprint density at radius 3 is 2.47 bits per heavy atom. The summed E-state index contributed by atoms with van der Waals surface area (Å²) < 4.78 is 11.7. The molecule has 0 saturated heterocycles. The lowest BCUT2D eigenvalue weighted by Gasteiger charge is -2.21. The van der Waals surface area contributed by atoms with Crippen LogP contribution in [0.2, 0.25) is 0 Å². The Morgan fingerprint density at radius 2 is 1.88 bits per heavy atom. The van der Waals surface area contributed by atoms with Crippen molar-refractivity contribution < 1.29 is 19.1 Å². The number of nitrogens with zero attached hydrogens (tertiary/aromatic N) is 3. The number of carbonyl (C=O) groups is 2. The average molecular weight is 460 g/mol. The molecule has 1 aromatic carbocycles. The number of aryl methyl sites for hydroxylation is 1. The first-order valence-electron chi connectivity index (χ1n) is 9.87. The first kappa shape index (κ1) is 23.2. The molecular formula is C21H25N5O5S. The standard InChI is InChI=1S/C21H25N5O5S/c1-11(2)18(19(28)25-21-23-12(3)9-32-21)24-17(27)8-26-10-22-14-7-16(31-5)15(30-4)6-13(14)20(26)29/h6-7,9-11,18H,8H2,1-5H3,(H,24,27)(H,23,25,28). The molecule has 1 unspecified atom stereocenters. The van der Waals surface area contributed by atoms with Gasteiger partial charge in [-0.05, 0) is 18.9 Å². The molecule has 0 saturated carbocycles. The number of hydrogen-bond donors (Lipinski definition) is 2. The number of fused-ring (bicyclic) bond motifs is 1. The molecule has 0 spiro atoms. The quantitative estimate of drug-likeness (QED) is 0.528. The van der Waals surface area contributed by atoms with Crippen molar-refractivity contribution in [3.63, 3.8) is 0 Å². The number of thiazole rings is 1. The predicted octanol–water partition coefficient (Wildman–Crippen LogP) is 1.96. The fraction of sp³-hybridized carbons (Fsp3) is 0.381. The first-order chi connectivity index (χ1) is 15.2. The molecule has 0 aliphatic rings. The van der Waals surface area contributed by atoms with E-state index in [2.05, 4.69) is 20.6 Å². The lowest BCUT2D eigenvalue weighted by Crippen LogP contribution is -2.48. The van der Waals surface area contributed by atoms with E-state index >= 15 is 0 Å². The van der Waals surface area contributed by atoms with Crippen molar-refractivity contribution in [2.45, 2.75) is 33.4 Å². The van der Waals surface area contributed by atoms with E-state index in [9.17, 15) is 14.4 Å². The molecule has 11 heteroatoms. The number of anilines is 1. The Kier molecular flexibility index (Phi) is 7.08. The normalized spacial score (nSPS) is 11.9. The topological polar surface area (TPSA) is 124 Å². The van der Waals surface area contributed by atoms with Gasteiger partial charge in [-0.1, -0.05) is 13.8 Å². The fourth-order valence-corrected chi connectivity index (χ4v) is 3.79. The van der Waals surface area contributed by atoms with Gasteiger partial charge in [0.2, 0.25) is 11.8 Å². The Labute approximate surface area is 188 Å². The summed E-state index contributed by atoms with van der Waals surface area (Å²) in [6.45, 7) is 5.18. The number of nitrogens with one attached hydrogen (secondary N) is 2. The van der Waals surface area contributed by atoms with Gasteiger partial charge in [-0.3, -0.25) is 19.0 Å². The van der Waals surface area contributed by atoms with E-state index in [0.717, 1.165) is 5.69 Å². The molecule has 2 amide bonds. The Morgan fingerprint density at radius 1 is 1.19 bits per heavy atom. The van der Waals surface area contributed by atoms with Crippen LogP contribution >= 0.6 is 11.3 Å². The monoisotopic (exact) mass is 459 g/mol. The number of carbonyl (C=O) groups excluding carboxylic acids is 2. The molecule has 0 aliphatic carbocycles. The van der Waals surface area contributed by atoms with Gasteiger partial charge in [0.1, 0.15) is 12.6 Å². The summed E-state index contributed by atoms with van der Waals surface area (Å²) in [6.07, 6.45) is 1.29. The number of amides is 2. The van der Waals surface area contributed by atoms with Gasteiger partial charge < -0.3 is 20.1 Å². The van der Waals surface area contributed by atoms with E-state index in [-0.39, 0.29) is 23.8 Å². The number of rotatable bonds is 8. The van der Waals surface area contributed by atoms with Gasteiger partial charge in [-0.25, -0.2) is 9.97 Å². The van der Waals surface area contributed by atoms with Crippen molar-refractivity contribution in [2.24, 2.45) is 5.92 Å². The number of aromatic nitrogens is 3. The maximum atomic E-state index is 12.9. The van der Waals surface area contributed by atoms with E-state index in [0.29, 0.717) is 22.1 Å². The zero-order valence-corrected chi connectivity index (χ0v) is 19.3. The zero-order chi connectivity index (χ0) is 23.4. The van der Waals surface area contributed by atoms with Crippen molar-refractivity contribution in [3.8, 4) is 11.5 Å². The van der Waals surface area contributed by atoms with Crippen LogP contribution in [0.15, 0.2) is 28.6 Å². The second-order valence-corrected chi connectivity index (χ2v) is 8.33. The van der Waals surface area contributed by atoms with Crippen LogP contribution in [0.3, 0.4) is 0 Å². The van der Waals surface area contributed by atoms with Gasteiger partial charge >= 0.3 is 0 Å². The van der Waals surface area contributed by atoms with E-state index in [1.807, 2.05) is 26.2 Å². The molecule has 3 rings (SSSR count). The second kappa shape index (κ2) is 9.77. The average Bonchev–Trinajstić information content (AvgIpc) is 3.17. The van der Waals surface area contributed by atoms with Crippen LogP contribution in [0.5, 0.6) is 11.5 Å². The minimum absolute atomic E-state index is 0.178. The molecule has 1 atom stereocenters. The number of benzene rings is 1. The van der Waals surface area contributed by atoms with E-state index in [4.69, 9.17) is 9.47 Å². The molecule has 0 fully saturated rings. The van der Waals surface area contributed by atoms with Crippen LogP contribution in [0.4, 0.5) is 5.13 Å². The van der Waals surface area contributed by atoms with Crippen molar-refractivity contribution in [1.82, 2.24) is 19.9 Å². The fourth-order valence-electron chi connectivity index (χ4n) is 3.10. The lowest BCUT2D eigenvalue weighted by atomic mass is 10.0. The number of hydrogen-bond acceptors (Lipinski definition) is 8. The minimum Gasteiger partial charge on any atom is -0.493 e. The van der Waals surface area contributed by atoms with Crippen LogP contribution in [-0.4, -0.2) is 46.6 Å². The minimum atomic E-state index is -0.792. The third kappa shape index (κ3) is 5.05. The van der Waals surface area contributed by atoms with Gasteiger partial charge in [0.25, 0.3) is 5.56 Å². The highest BCUT2D eigenvalue weighted by molar-refractivity contribution is 7.13. The molecule has 10 nitrogen and oxygen atoms in total. The SMILES string of the molecule is COc1cc2ncn(CC(=O)NC(C(=O)Nc3nc(C)cs3)C(C)C)c(=O)c2cc1OC. The van der Waals surface area contributed by atoms with Crippen LogP contribution in [0.25, 0.3) is 10.9 Å².